The molecule has 0 aromatic heterocycles. The highest BCUT2D eigenvalue weighted by molar-refractivity contribution is 9.10. The lowest BCUT2D eigenvalue weighted by Gasteiger charge is -2.15. The van der Waals surface area contributed by atoms with Gasteiger partial charge in [0.25, 0.3) is 0 Å². The summed E-state index contributed by atoms with van der Waals surface area (Å²) in [5.41, 5.74) is 3.33. The van der Waals surface area contributed by atoms with Crippen LogP contribution in [0.5, 0.6) is 5.75 Å². The fourth-order valence-corrected chi connectivity index (χ4v) is 6.23. The van der Waals surface area contributed by atoms with Crippen LogP contribution in [0.15, 0.2) is 39.4 Å². The number of ether oxygens (including phenoxy) is 1. The third-order valence-corrected chi connectivity index (χ3v) is 7.70. The van der Waals surface area contributed by atoms with Crippen LogP contribution in [-0.4, -0.2) is 49.0 Å². The van der Waals surface area contributed by atoms with Gasteiger partial charge < -0.3 is 14.9 Å². The zero-order valence-corrected chi connectivity index (χ0v) is 17.7. The Bertz CT molecular complexity index is 872. The molecule has 7 heteroatoms. The lowest BCUT2D eigenvalue weighted by Crippen LogP contribution is -2.19. The molecule has 2 N–H and O–H groups in total. The van der Waals surface area contributed by atoms with Gasteiger partial charge in [0.2, 0.25) is 0 Å². The van der Waals surface area contributed by atoms with Gasteiger partial charge in [0, 0.05) is 10.0 Å². The van der Waals surface area contributed by atoms with E-state index in [1.165, 1.54) is 5.57 Å². The van der Waals surface area contributed by atoms with Crippen molar-refractivity contribution in [2.24, 2.45) is 0 Å². The molecule has 27 heavy (non-hydrogen) atoms. The Kier molecular flexibility index (Phi) is 6.46. The molecule has 0 bridgehead atoms. The summed E-state index contributed by atoms with van der Waals surface area (Å²) in [5.74, 6) is 0.184. The summed E-state index contributed by atoms with van der Waals surface area (Å²) in [6, 6.07) is 5.33. The van der Waals surface area contributed by atoms with Crippen LogP contribution < -0.4 is 0 Å². The summed E-state index contributed by atoms with van der Waals surface area (Å²) in [5, 5.41) is 19.1. The van der Waals surface area contributed by atoms with Crippen LogP contribution in [0.1, 0.15) is 38.2 Å². The van der Waals surface area contributed by atoms with Gasteiger partial charge in [-0.15, -0.1) is 0 Å². The van der Waals surface area contributed by atoms with Gasteiger partial charge in [-0.05, 0) is 48.6 Å². The Balaban J connectivity index is 1.77. The number of phenols is 1. The van der Waals surface area contributed by atoms with E-state index >= 15 is 0 Å². The van der Waals surface area contributed by atoms with Gasteiger partial charge in [-0.1, -0.05) is 40.9 Å². The predicted molar refractivity (Wildman–Crippen MR) is 109 cm³/mol. The molecule has 2 heterocycles. The Hall–Kier alpha value is -1.15. The van der Waals surface area contributed by atoms with E-state index in [1.54, 1.807) is 12.1 Å². The minimum atomic E-state index is -3.24. The number of benzene rings is 1. The average molecular weight is 457 g/mol. The van der Waals surface area contributed by atoms with Crippen molar-refractivity contribution in [1.82, 2.24) is 0 Å². The van der Waals surface area contributed by atoms with E-state index < -0.39 is 15.1 Å². The molecule has 2 atom stereocenters. The van der Waals surface area contributed by atoms with Crippen molar-refractivity contribution in [2.75, 3.05) is 19.0 Å². The molecule has 1 fully saturated rings. The molecule has 0 unspecified atom stereocenters. The molecule has 0 amide bonds. The van der Waals surface area contributed by atoms with Crippen LogP contribution in [0.2, 0.25) is 0 Å². The maximum Gasteiger partial charge on any atom is 0.163 e. The molecule has 2 aliphatic heterocycles. The Labute approximate surface area is 168 Å². The summed E-state index contributed by atoms with van der Waals surface area (Å²) >= 11 is 3.43. The quantitative estimate of drug-likeness (QED) is 0.612. The van der Waals surface area contributed by atoms with Crippen LogP contribution in [0.4, 0.5) is 0 Å². The topological polar surface area (TPSA) is 83.8 Å². The van der Waals surface area contributed by atoms with Gasteiger partial charge in [-0.25, -0.2) is 8.42 Å². The summed E-state index contributed by atoms with van der Waals surface area (Å²) in [7, 11) is -3.24. The van der Waals surface area contributed by atoms with E-state index in [2.05, 4.69) is 22.9 Å². The molecule has 1 aromatic carbocycles. The van der Waals surface area contributed by atoms with E-state index in [0.29, 0.717) is 12.0 Å². The number of aromatic hydroxyl groups is 1. The first-order chi connectivity index (χ1) is 12.9. The van der Waals surface area contributed by atoms with Crippen molar-refractivity contribution in [2.45, 2.75) is 44.0 Å². The van der Waals surface area contributed by atoms with Crippen LogP contribution >= 0.6 is 15.9 Å². The van der Waals surface area contributed by atoms with Gasteiger partial charge in [0.1, 0.15) is 11.0 Å². The lowest BCUT2D eigenvalue weighted by atomic mass is 9.95. The number of allylic oxidation sites excluding steroid dienone is 1. The van der Waals surface area contributed by atoms with E-state index in [4.69, 9.17) is 4.74 Å². The average Bonchev–Trinajstić information content (AvgIpc) is 3.16. The summed E-state index contributed by atoms with van der Waals surface area (Å²) in [6.07, 6.45) is 5.04. The highest BCUT2D eigenvalue weighted by Crippen LogP contribution is 2.38. The fourth-order valence-electron chi connectivity index (χ4n) is 3.91. The molecule has 1 saturated heterocycles. The van der Waals surface area contributed by atoms with Gasteiger partial charge >= 0.3 is 0 Å². The van der Waals surface area contributed by atoms with E-state index in [1.807, 2.05) is 12.1 Å². The summed E-state index contributed by atoms with van der Waals surface area (Å²) in [4.78, 5) is 0. The highest BCUT2D eigenvalue weighted by atomic mass is 79.9. The SMILES string of the molecule is CCC/C(=C\c1cc(Br)ccc1O)CC[C@H]1OC[C@H]2C1=C(CO)CS2(=O)=O. The Morgan fingerprint density at radius 1 is 1.37 bits per heavy atom. The van der Waals surface area contributed by atoms with Gasteiger partial charge in [-0.2, -0.15) is 0 Å². The van der Waals surface area contributed by atoms with Crippen molar-refractivity contribution in [3.05, 3.63) is 45.0 Å². The molecule has 3 rings (SSSR count). The molecular weight excluding hydrogens is 432 g/mol. The van der Waals surface area contributed by atoms with Crippen molar-refractivity contribution < 1.29 is 23.4 Å². The monoisotopic (exact) mass is 456 g/mol. The minimum Gasteiger partial charge on any atom is -0.507 e. The van der Waals surface area contributed by atoms with Crippen molar-refractivity contribution in [1.29, 1.82) is 0 Å². The maximum absolute atomic E-state index is 12.2. The third-order valence-electron chi connectivity index (χ3n) is 5.20. The van der Waals surface area contributed by atoms with Crippen LogP contribution in [0.25, 0.3) is 6.08 Å². The number of aliphatic hydroxyl groups excluding tert-OH is 1. The number of sulfone groups is 1. The summed E-state index contributed by atoms with van der Waals surface area (Å²) < 4.78 is 31.1. The molecule has 2 aliphatic rings. The second-order valence-electron chi connectivity index (χ2n) is 7.13. The normalized spacial score (nSPS) is 24.5. The largest absolute Gasteiger partial charge is 0.507 e. The van der Waals surface area contributed by atoms with Crippen LogP contribution in [-0.2, 0) is 14.6 Å². The van der Waals surface area contributed by atoms with Gasteiger partial charge in [-0.3, -0.25) is 0 Å². The first-order valence-corrected chi connectivity index (χ1v) is 11.7. The molecular formula is C20H25BrO5S. The number of aliphatic hydroxyl groups is 1. The molecule has 0 spiro atoms. The minimum absolute atomic E-state index is 0.0487. The fraction of sp³-hybridized carbons (Fsp3) is 0.500. The number of phenolic OH excluding ortho intramolecular Hbond substituents is 1. The number of hydrogen-bond donors (Lipinski definition) is 2. The molecule has 1 aromatic rings. The third kappa shape index (κ3) is 4.47. The molecule has 0 aliphatic carbocycles. The predicted octanol–water partition coefficient (Wildman–Crippen LogP) is 3.60. The number of rotatable bonds is 7. The molecule has 148 valence electrons. The molecule has 0 saturated carbocycles. The smallest absolute Gasteiger partial charge is 0.163 e. The van der Waals surface area contributed by atoms with Gasteiger partial charge in [0.15, 0.2) is 9.84 Å². The van der Waals surface area contributed by atoms with E-state index in [-0.39, 0.29) is 30.8 Å². The number of halogens is 1. The maximum atomic E-state index is 12.2. The van der Waals surface area contributed by atoms with E-state index in [0.717, 1.165) is 34.9 Å². The molecule has 0 radical (unpaired) electrons. The number of hydrogen-bond acceptors (Lipinski definition) is 5. The number of fused-ring (bicyclic) bond motifs is 1. The van der Waals surface area contributed by atoms with Crippen molar-refractivity contribution in [3.63, 3.8) is 0 Å². The first kappa shape index (κ1) is 20.6. The Morgan fingerprint density at radius 3 is 2.85 bits per heavy atom. The second kappa shape index (κ2) is 8.47. The second-order valence-corrected chi connectivity index (χ2v) is 10.2. The summed E-state index contributed by atoms with van der Waals surface area (Å²) in [6.45, 7) is 2.06. The van der Waals surface area contributed by atoms with E-state index in [9.17, 15) is 18.6 Å². The highest BCUT2D eigenvalue weighted by Gasteiger charge is 2.46. The lowest BCUT2D eigenvalue weighted by molar-refractivity contribution is 0.117. The van der Waals surface area contributed by atoms with Crippen molar-refractivity contribution >= 4 is 31.8 Å². The first-order valence-electron chi connectivity index (χ1n) is 9.19. The van der Waals surface area contributed by atoms with Gasteiger partial charge in [0.05, 0.1) is 25.1 Å². The van der Waals surface area contributed by atoms with Crippen LogP contribution in [0.3, 0.4) is 0 Å². The zero-order chi connectivity index (χ0) is 19.6. The standard InChI is InChI=1S/C20H25BrO5S/c1-2-3-13(8-14-9-16(21)5-6-17(14)23)4-7-18-20-15(10-22)12-27(24,25)19(20)11-26-18/h5-6,8-9,18-19,22-23H,2-4,7,10-12H2,1H3/b13-8+/t18-,19+/m1/s1. The Morgan fingerprint density at radius 2 is 2.15 bits per heavy atom. The van der Waals surface area contributed by atoms with Crippen molar-refractivity contribution in [3.8, 4) is 5.75 Å². The zero-order valence-electron chi connectivity index (χ0n) is 15.3. The molecule has 5 nitrogen and oxygen atoms in total. The van der Waals surface area contributed by atoms with Crippen LogP contribution in [0, 0.1) is 0 Å².